The Hall–Kier alpha value is -2.56. The van der Waals surface area contributed by atoms with Gasteiger partial charge in [0.25, 0.3) is 0 Å². The fourth-order valence-corrected chi connectivity index (χ4v) is 1.90. The molecule has 0 radical (unpaired) electrons. The molecule has 0 saturated carbocycles. The van der Waals surface area contributed by atoms with Crippen LogP contribution in [0.2, 0.25) is 0 Å². The van der Waals surface area contributed by atoms with Gasteiger partial charge < -0.3 is 15.4 Å². The smallest absolute Gasteiger partial charge is 0.227 e. The highest BCUT2D eigenvalue weighted by atomic mass is 16.5. The number of carbonyl (C=O) groups is 1. The highest BCUT2D eigenvalue weighted by Gasteiger charge is 2.11. The zero-order chi connectivity index (χ0) is 15.9. The summed E-state index contributed by atoms with van der Waals surface area (Å²) in [6.07, 6.45) is 3.56. The molecule has 5 heteroatoms. The first kappa shape index (κ1) is 15.8. The standard InChI is InChI=1S/C17H21N3O2/c1-12(2)17(21)20-15-9-14(6-7-16(15)22-3)19-11-13-5-4-8-18-10-13/h4-10,12,19H,11H2,1-3H3,(H,20,21). The van der Waals surface area contributed by atoms with E-state index in [1.54, 1.807) is 13.3 Å². The van der Waals surface area contributed by atoms with Crippen LogP contribution in [-0.4, -0.2) is 18.0 Å². The number of benzene rings is 1. The maximum atomic E-state index is 11.9. The quantitative estimate of drug-likeness (QED) is 0.859. The van der Waals surface area contributed by atoms with Crippen LogP contribution in [0.25, 0.3) is 0 Å². The molecule has 1 amide bonds. The number of rotatable bonds is 6. The van der Waals surface area contributed by atoms with Crippen molar-refractivity contribution >= 4 is 17.3 Å². The van der Waals surface area contributed by atoms with E-state index >= 15 is 0 Å². The van der Waals surface area contributed by atoms with Gasteiger partial charge in [-0.1, -0.05) is 19.9 Å². The predicted molar refractivity (Wildman–Crippen MR) is 88.0 cm³/mol. The minimum absolute atomic E-state index is 0.0392. The summed E-state index contributed by atoms with van der Waals surface area (Å²) in [5, 5.41) is 6.19. The number of aromatic nitrogens is 1. The van der Waals surface area contributed by atoms with Crippen molar-refractivity contribution < 1.29 is 9.53 Å². The molecule has 0 spiro atoms. The third-order valence-corrected chi connectivity index (χ3v) is 3.20. The normalized spacial score (nSPS) is 10.4. The first-order valence-electron chi connectivity index (χ1n) is 7.22. The minimum atomic E-state index is -0.0864. The average Bonchev–Trinajstić information content (AvgIpc) is 2.54. The van der Waals surface area contributed by atoms with Crippen molar-refractivity contribution in [3.63, 3.8) is 0 Å². The Kier molecular flexibility index (Phi) is 5.36. The molecule has 0 fully saturated rings. The molecule has 1 aromatic carbocycles. The number of methoxy groups -OCH3 is 1. The summed E-state index contributed by atoms with van der Waals surface area (Å²) in [5.74, 6) is 0.514. The Balaban J connectivity index is 2.11. The van der Waals surface area contributed by atoms with Crippen LogP contribution in [0.1, 0.15) is 19.4 Å². The molecule has 2 N–H and O–H groups in total. The number of ether oxygens (including phenoxy) is 1. The van der Waals surface area contributed by atoms with E-state index < -0.39 is 0 Å². The van der Waals surface area contributed by atoms with Gasteiger partial charge in [0.15, 0.2) is 0 Å². The number of carbonyl (C=O) groups excluding carboxylic acids is 1. The molecule has 1 heterocycles. The number of pyridine rings is 1. The van der Waals surface area contributed by atoms with Crippen molar-refractivity contribution in [1.82, 2.24) is 4.98 Å². The lowest BCUT2D eigenvalue weighted by molar-refractivity contribution is -0.118. The van der Waals surface area contributed by atoms with E-state index in [0.29, 0.717) is 18.0 Å². The van der Waals surface area contributed by atoms with Crippen LogP contribution in [0.3, 0.4) is 0 Å². The molecule has 0 atom stereocenters. The van der Waals surface area contributed by atoms with Crippen LogP contribution in [0.5, 0.6) is 5.75 Å². The number of amides is 1. The van der Waals surface area contributed by atoms with Gasteiger partial charge >= 0.3 is 0 Å². The molecule has 5 nitrogen and oxygen atoms in total. The number of anilines is 2. The van der Waals surface area contributed by atoms with Crippen LogP contribution >= 0.6 is 0 Å². The molecular weight excluding hydrogens is 278 g/mol. The summed E-state index contributed by atoms with van der Waals surface area (Å²) in [4.78, 5) is 16.0. The first-order chi connectivity index (χ1) is 10.6. The monoisotopic (exact) mass is 299 g/mol. The molecule has 0 bridgehead atoms. The van der Waals surface area contributed by atoms with E-state index in [9.17, 15) is 4.79 Å². The fourth-order valence-electron chi connectivity index (χ4n) is 1.90. The molecular formula is C17H21N3O2. The zero-order valence-electron chi connectivity index (χ0n) is 13.1. The van der Waals surface area contributed by atoms with Gasteiger partial charge in [0.2, 0.25) is 5.91 Å². The van der Waals surface area contributed by atoms with Crippen molar-refractivity contribution in [2.75, 3.05) is 17.7 Å². The van der Waals surface area contributed by atoms with Gasteiger partial charge in [0.05, 0.1) is 12.8 Å². The highest BCUT2D eigenvalue weighted by molar-refractivity contribution is 5.94. The Labute approximate surface area is 130 Å². The third-order valence-electron chi connectivity index (χ3n) is 3.20. The van der Waals surface area contributed by atoms with Crippen molar-refractivity contribution in [2.24, 2.45) is 5.92 Å². The van der Waals surface area contributed by atoms with Crippen LogP contribution in [0, 0.1) is 5.92 Å². The van der Waals surface area contributed by atoms with Gasteiger partial charge in [-0.3, -0.25) is 9.78 Å². The average molecular weight is 299 g/mol. The molecule has 0 aliphatic heterocycles. The Morgan fingerprint density at radius 1 is 1.32 bits per heavy atom. The molecule has 2 rings (SSSR count). The molecule has 22 heavy (non-hydrogen) atoms. The minimum Gasteiger partial charge on any atom is -0.495 e. The van der Waals surface area contributed by atoms with Crippen LogP contribution < -0.4 is 15.4 Å². The molecule has 0 saturated heterocycles. The van der Waals surface area contributed by atoms with Gasteiger partial charge in [0, 0.05) is 30.5 Å². The maximum Gasteiger partial charge on any atom is 0.227 e. The molecule has 1 aromatic heterocycles. The SMILES string of the molecule is COc1ccc(NCc2cccnc2)cc1NC(=O)C(C)C. The largest absolute Gasteiger partial charge is 0.495 e. The Bertz CT molecular complexity index is 627. The number of hydrogen-bond acceptors (Lipinski definition) is 4. The van der Waals surface area contributed by atoms with E-state index in [-0.39, 0.29) is 11.8 Å². The third kappa shape index (κ3) is 4.22. The van der Waals surface area contributed by atoms with Gasteiger partial charge in [-0.25, -0.2) is 0 Å². The molecule has 0 aliphatic rings. The van der Waals surface area contributed by atoms with E-state index in [0.717, 1.165) is 11.3 Å². The van der Waals surface area contributed by atoms with Crippen molar-refractivity contribution in [1.29, 1.82) is 0 Å². The summed E-state index contributed by atoms with van der Waals surface area (Å²) in [5.41, 5.74) is 2.66. The second-order valence-corrected chi connectivity index (χ2v) is 5.27. The van der Waals surface area contributed by atoms with Crippen molar-refractivity contribution in [3.05, 3.63) is 48.3 Å². The molecule has 2 aromatic rings. The zero-order valence-corrected chi connectivity index (χ0v) is 13.1. The van der Waals surface area contributed by atoms with Crippen molar-refractivity contribution in [2.45, 2.75) is 20.4 Å². The van der Waals surface area contributed by atoms with Gasteiger partial charge in [-0.15, -0.1) is 0 Å². The topological polar surface area (TPSA) is 63.2 Å². The summed E-state index contributed by atoms with van der Waals surface area (Å²) < 4.78 is 5.29. The maximum absolute atomic E-state index is 11.9. The first-order valence-corrected chi connectivity index (χ1v) is 7.22. The predicted octanol–water partition coefficient (Wildman–Crippen LogP) is 3.30. The Morgan fingerprint density at radius 2 is 2.14 bits per heavy atom. The molecule has 0 aliphatic carbocycles. The molecule has 0 unspecified atom stereocenters. The van der Waals surface area contributed by atoms with E-state index in [1.165, 1.54) is 0 Å². The summed E-state index contributed by atoms with van der Waals surface area (Å²) in [7, 11) is 1.59. The van der Waals surface area contributed by atoms with E-state index in [1.807, 2.05) is 50.4 Å². The van der Waals surface area contributed by atoms with Crippen molar-refractivity contribution in [3.8, 4) is 5.75 Å². The van der Waals surface area contributed by atoms with E-state index in [2.05, 4.69) is 15.6 Å². The van der Waals surface area contributed by atoms with Gasteiger partial charge in [0.1, 0.15) is 5.75 Å². The van der Waals surface area contributed by atoms with Crippen LogP contribution in [0.15, 0.2) is 42.7 Å². The lowest BCUT2D eigenvalue weighted by Crippen LogP contribution is -2.18. The summed E-state index contributed by atoms with van der Waals surface area (Å²) >= 11 is 0. The fraction of sp³-hybridized carbons (Fsp3) is 0.294. The lowest BCUT2D eigenvalue weighted by atomic mass is 10.2. The number of hydrogen-bond donors (Lipinski definition) is 2. The molecule has 116 valence electrons. The van der Waals surface area contributed by atoms with Gasteiger partial charge in [-0.2, -0.15) is 0 Å². The van der Waals surface area contributed by atoms with Gasteiger partial charge in [-0.05, 0) is 29.8 Å². The Morgan fingerprint density at radius 3 is 2.77 bits per heavy atom. The summed E-state index contributed by atoms with van der Waals surface area (Å²) in [6.45, 7) is 4.37. The van der Waals surface area contributed by atoms with E-state index in [4.69, 9.17) is 4.74 Å². The van der Waals surface area contributed by atoms with Crippen LogP contribution in [0.4, 0.5) is 11.4 Å². The lowest BCUT2D eigenvalue weighted by Gasteiger charge is -2.14. The number of nitrogens with zero attached hydrogens (tertiary/aromatic N) is 1. The second-order valence-electron chi connectivity index (χ2n) is 5.27. The number of nitrogens with one attached hydrogen (secondary N) is 2. The van der Waals surface area contributed by atoms with Crippen LogP contribution in [-0.2, 0) is 11.3 Å². The second kappa shape index (κ2) is 7.45. The summed E-state index contributed by atoms with van der Waals surface area (Å²) in [6, 6.07) is 9.53. The highest BCUT2D eigenvalue weighted by Crippen LogP contribution is 2.28.